The second-order valence-electron chi connectivity index (χ2n) is 6.84. The molecule has 0 aliphatic carbocycles. The third-order valence-electron chi connectivity index (χ3n) is 3.41. The van der Waals surface area contributed by atoms with E-state index < -0.39 is 46.7 Å². The summed E-state index contributed by atoms with van der Waals surface area (Å²) < 4.78 is 0. The van der Waals surface area contributed by atoms with Gasteiger partial charge in [-0.2, -0.15) is 0 Å². The van der Waals surface area contributed by atoms with Gasteiger partial charge >= 0.3 is 29.0 Å². The molecule has 221 valence electrons. The van der Waals surface area contributed by atoms with Crippen molar-refractivity contribution in [1.82, 2.24) is 29.7 Å². The fourth-order valence-corrected chi connectivity index (χ4v) is 1.78. The summed E-state index contributed by atoms with van der Waals surface area (Å²) in [7, 11) is 6.75. The number of amides is 2. The van der Waals surface area contributed by atoms with Crippen LogP contribution in [0.3, 0.4) is 0 Å². The van der Waals surface area contributed by atoms with Crippen LogP contribution in [-0.4, -0.2) is 105 Å². The van der Waals surface area contributed by atoms with Gasteiger partial charge in [0.05, 0.1) is 11.9 Å². The fraction of sp³-hybridized carbons (Fsp3) is 0.400. The molecule has 39 heavy (non-hydrogen) atoms. The third kappa shape index (κ3) is 17.7. The first-order valence-corrected chi connectivity index (χ1v) is 9.96. The molecule has 0 aromatic carbocycles. The molecule has 0 aliphatic rings. The second-order valence-corrected chi connectivity index (χ2v) is 6.84. The van der Waals surface area contributed by atoms with Crippen molar-refractivity contribution >= 4 is 36.7 Å². The van der Waals surface area contributed by atoms with Crippen LogP contribution in [0.1, 0.15) is 67.5 Å². The number of hydrogen-bond donors (Lipinski definition) is 4. The van der Waals surface area contributed by atoms with Gasteiger partial charge in [0.2, 0.25) is 12.8 Å². The number of aromatic nitrogens is 4. The van der Waals surface area contributed by atoms with E-state index in [1.807, 2.05) is 0 Å². The molecule has 0 spiro atoms. The number of carboxylic acid groups (broad SMARTS) is 4. The molecule has 0 saturated carbocycles. The standard InChI is InChI=1S/2C7H8N2O4.2C3H7NO.Mn.2H2O/c2*1-2-3-8-4(6(10)11)5(9-3)7(12)13;2*1-4(2)3-5;;;/h2*2H2,1H3,(H,8,9)(H,10,11)(H,12,13);2*3H,1-2H3;;2*1H2/q;;;;+2;;. The van der Waals surface area contributed by atoms with Crippen LogP contribution in [-0.2, 0) is 50.5 Å². The minimum absolute atomic E-state index is 0. The van der Waals surface area contributed by atoms with Gasteiger partial charge in [-0.3, -0.25) is 9.59 Å². The zero-order valence-corrected chi connectivity index (χ0v) is 23.2. The van der Waals surface area contributed by atoms with E-state index >= 15 is 0 Å². The van der Waals surface area contributed by atoms with Crippen LogP contribution in [0.15, 0.2) is 0 Å². The maximum atomic E-state index is 10.5. The number of carboxylic acids is 4. The molecule has 2 amide bonds. The van der Waals surface area contributed by atoms with Gasteiger partial charge in [0, 0.05) is 41.0 Å². The monoisotopic (exact) mass is 605 g/mol. The first-order chi connectivity index (χ1) is 16.7. The first kappa shape index (κ1) is 44.7. The van der Waals surface area contributed by atoms with Gasteiger partial charge in [0.1, 0.15) is 23.0 Å². The Balaban J connectivity index is -0.000000140. The molecule has 18 nitrogen and oxygen atoms in total. The number of carbonyl (C=O) groups excluding carboxylic acids is 4. The summed E-state index contributed by atoms with van der Waals surface area (Å²) in [5, 5.41) is 37.9. The SMILES string of the molecule is CCc1nc(C(=O)[O-])c(C(=O)O)[nH]1.CCc1nc(C(=O)[O-])c(C(=O)O)[nH]1.CN(C)C=O.CN(C)C=O.[Mn+2].[OH3+].[OH3+]. The Labute approximate surface area is 233 Å². The van der Waals surface area contributed by atoms with E-state index in [1.54, 1.807) is 42.0 Å². The van der Waals surface area contributed by atoms with E-state index in [2.05, 4.69) is 19.9 Å². The van der Waals surface area contributed by atoms with Crippen molar-refractivity contribution < 1.29 is 77.2 Å². The molecule has 2 aromatic heterocycles. The van der Waals surface area contributed by atoms with Gasteiger partial charge in [-0.15, -0.1) is 0 Å². The number of nitrogens with zero attached hydrogens (tertiary/aromatic N) is 4. The summed E-state index contributed by atoms with van der Waals surface area (Å²) in [5.41, 5.74) is -1.97. The van der Waals surface area contributed by atoms with Crippen molar-refractivity contribution in [2.24, 2.45) is 0 Å². The van der Waals surface area contributed by atoms with E-state index in [1.165, 1.54) is 9.80 Å². The van der Waals surface area contributed by atoms with Crippen LogP contribution >= 0.6 is 0 Å². The number of aryl methyl sites for hydroxylation is 2. The van der Waals surface area contributed by atoms with E-state index in [0.29, 0.717) is 24.5 Å². The molecule has 2 rings (SSSR count). The molecule has 0 saturated heterocycles. The van der Waals surface area contributed by atoms with Crippen molar-refractivity contribution in [3.8, 4) is 0 Å². The minimum Gasteiger partial charge on any atom is -0.543 e. The minimum atomic E-state index is -1.59. The number of rotatable bonds is 8. The molecule has 0 atom stereocenters. The van der Waals surface area contributed by atoms with Crippen molar-refractivity contribution in [3.05, 3.63) is 34.4 Å². The maximum Gasteiger partial charge on any atom is 2.00 e. The summed E-state index contributed by atoms with van der Waals surface area (Å²) in [6.07, 6.45) is 2.38. The van der Waals surface area contributed by atoms with Gasteiger partial charge in [0.15, 0.2) is 11.4 Å². The smallest absolute Gasteiger partial charge is 0.543 e. The number of H-pyrrole nitrogens is 2. The molecule has 0 aliphatic heterocycles. The largest absolute Gasteiger partial charge is 2.00 e. The molecular weight excluding hydrogens is 571 g/mol. The summed E-state index contributed by atoms with van der Waals surface area (Å²) >= 11 is 0. The van der Waals surface area contributed by atoms with Crippen molar-refractivity contribution in [2.45, 2.75) is 26.7 Å². The van der Waals surface area contributed by atoms with Crippen LogP contribution in [0.4, 0.5) is 0 Å². The number of hydrogen-bond acceptors (Lipinski definition) is 10. The summed E-state index contributed by atoms with van der Waals surface area (Å²) in [5.74, 6) is -5.26. The van der Waals surface area contributed by atoms with E-state index in [9.17, 15) is 39.0 Å². The molecule has 19 heteroatoms. The number of carbonyl (C=O) groups is 6. The van der Waals surface area contributed by atoms with Crippen molar-refractivity contribution in [2.75, 3.05) is 28.2 Å². The van der Waals surface area contributed by atoms with Crippen molar-refractivity contribution in [1.29, 1.82) is 0 Å². The zero-order valence-electron chi connectivity index (χ0n) is 22.1. The molecule has 0 bridgehead atoms. The van der Waals surface area contributed by atoms with E-state index in [0.717, 1.165) is 12.8 Å². The van der Waals surface area contributed by atoms with Gasteiger partial charge in [0.25, 0.3) is 0 Å². The van der Waals surface area contributed by atoms with Crippen LogP contribution in [0.25, 0.3) is 0 Å². The topological polar surface area (TPSA) is 319 Å². The Morgan fingerprint density at radius 2 is 0.974 bits per heavy atom. The number of imidazole rings is 2. The molecule has 0 fully saturated rings. The summed E-state index contributed by atoms with van der Waals surface area (Å²) in [4.78, 5) is 75.4. The van der Waals surface area contributed by atoms with E-state index in [-0.39, 0.29) is 28.0 Å². The number of aromatic amines is 2. The number of aromatic carboxylic acids is 4. The fourth-order valence-electron chi connectivity index (χ4n) is 1.78. The quantitative estimate of drug-likeness (QED) is 0.126. The van der Waals surface area contributed by atoms with Crippen LogP contribution in [0.2, 0.25) is 0 Å². The molecule has 2 aromatic rings. The average molecular weight is 605 g/mol. The first-order valence-electron chi connectivity index (χ1n) is 9.96. The predicted molar refractivity (Wildman–Crippen MR) is 128 cm³/mol. The maximum absolute atomic E-state index is 10.5. The normalized spacial score (nSPS) is 8.36. The summed E-state index contributed by atoms with van der Waals surface area (Å²) in [6.45, 7) is 3.45. The van der Waals surface area contributed by atoms with Gasteiger partial charge in [-0.05, 0) is 0 Å². The Kier molecular flexibility index (Phi) is 26.2. The van der Waals surface area contributed by atoms with Gasteiger partial charge in [-0.1, -0.05) is 13.8 Å². The Morgan fingerprint density at radius 3 is 1.08 bits per heavy atom. The van der Waals surface area contributed by atoms with E-state index in [4.69, 9.17) is 10.2 Å². The Morgan fingerprint density at radius 1 is 0.744 bits per heavy atom. The molecular formula is C20H34MnN6O12+2. The third-order valence-corrected chi connectivity index (χ3v) is 3.41. The Bertz CT molecular complexity index is 907. The number of nitrogens with one attached hydrogen (secondary N) is 2. The van der Waals surface area contributed by atoms with Crippen LogP contribution in [0, 0.1) is 0 Å². The molecule has 10 N–H and O–H groups in total. The summed E-state index contributed by atoms with van der Waals surface area (Å²) in [6, 6.07) is 0. The van der Waals surface area contributed by atoms with Gasteiger partial charge < -0.3 is 60.7 Å². The second kappa shape index (κ2) is 22.8. The average Bonchev–Trinajstić information content (AvgIpc) is 3.45. The molecule has 0 unspecified atom stereocenters. The predicted octanol–water partition coefficient (Wildman–Crippen LogP) is -4.37. The molecule has 2 heterocycles. The van der Waals surface area contributed by atoms with Gasteiger partial charge in [-0.25, -0.2) is 19.6 Å². The van der Waals surface area contributed by atoms with Crippen LogP contribution < -0.4 is 10.2 Å². The zero-order chi connectivity index (χ0) is 28.6. The Hall–Kier alpha value is -4.32. The van der Waals surface area contributed by atoms with Crippen molar-refractivity contribution in [3.63, 3.8) is 0 Å². The molecule has 1 radical (unpaired) electrons. The van der Waals surface area contributed by atoms with Crippen LogP contribution in [0.5, 0.6) is 0 Å².